The van der Waals surface area contributed by atoms with Gasteiger partial charge in [-0.1, -0.05) is 160 Å². The van der Waals surface area contributed by atoms with E-state index in [0.717, 1.165) is 89.9 Å². The van der Waals surface area contributed by atoms with Gasteiger partial charge in [-0.05, 0) is 103 Å². The van der Waals surface area contributed by atoms with Crippen LogP contribution in [0.4, 0.5) is 0 Å². The van der Waals surface area contributed by atoms with E-state index in [0.29, 0.717) is 19.3 Å². The largest absolute Gasteiger partial charge is 0.472 e. The lowest BCUT2D eigenvalue weighted by Crippen LogP contribution is -2.27. The topological polar surface area (TPSA) is 131 Å². The van der Waals surface area contributed by atoms with Gasteiger partial charge in [-0.2, -0.15) is 0 Å². The van der Waals surface area contributed by atoms with Gasteiger partial charge in [0.25, 0.3) is 0 Å². The average molecular weight is 864 g/mol. The number of unbranched alkanes of at least 4 members (excludes halogenated alkanes) is 2. The molecule has 0 heterocycles. The van der Waals surface area contributed by atoms with Gasteiger partial charge in [-0.3, -0.25) is 18.6 Å². The van der Waals surface area contributed by atoms with Gasteiger partial charge < -0.3 is 20.1 Å². The number of nitrogens with one attached hydrogen (secondary N) is 1. The Bertz CT molecular complexity index is 1490. The van der Waals surface area contributed by atoms with Crippen molar-refractivity contribution in [1.82, 2.24) is 5.32 Å². The Morgan fingerprint density at radius 3 is 1.23 bits per heavy atom. The van der Waals surface area contributed by atoms with Gasteiger partial charge in [0.2, 0.25) is 5.91 Å². The molecule has 3 N–H and O–H groups in total. The van der Waals surface area contributed by atoms with Crippen LogP contribution in [0.3, 0.4) is 0 Å². The second kappa shape index (κ2) is 45.4. The first-order valence-corrected chi connectivity index (χ1v) is 23.8. The summed E-state index contributed by atoms with van der Waals surface area (Å²) in [7, 11) is -4.46. The van der Waals surface area contributed by atoms with Crippen LogP contribution in [0.2, 0.25) is 0 Å². The van der Waals surface area contributed by atoms with Crippen LogP contribution in [0.15, 0.2) is 146 Å². The molecule has 0 spiro atoms. The van der Waals surface area contributed by atoms with Crippen molar-refractivity contribution in [1.29, 1.82) is 0 Å². The molecule has 2 unspecified atom stereocenters. The van der Waals surface area contributed by atoms with Gasteiger partial charge in [0, 0.05) is 19.4 Å². The summed E-state index contributed by atoms with van der Waals surface area (Å²) in [4.78, 5) is 33.9. The number of rotatable bonds is 39. The van der Waals surface area contributed by atoms with E-state index in [2.05, 4.69) is 159 Å². The van der Waals surface area contributed by atoms with Crippen LogP contribution >= 0.6 is 7.82 Å². The van der Waals surface area contributed by atoms with Gasteiger partial charge in [0.05, 0.1) is 13.2 Å². The fraction of sp³-hybridized carbons (Fsp3) is 0.490. The van der Waals surface area contributed by atoms with Crippen LogP contribution in [0.1, 0.15) is 129 Å². The summed E-state index contributed by atoms with van der Waals surface area (Å²) < 4.78 is 26.8. The SMILES string of the molecule is CC/C=C\C/C=C\C/C=C\C/C=C\C/C=C\C/C=C\C/C=C\CCCC(=O)NCCOP(=O)(O)OCC(O)COC(=O)CCC/C=C\C/C=C\C/C=C\C/C=C\C/C=C\CC. The third-order valence-corrected chi connectivity index (χ3v) is 9.25. The molecule has 61 heavy (non-hydrogen) atoms. The average Bonchev–Trinajstić information content (AvgIpc) is 3.25. The van der Waals surface area contributed by atoms with Crippen molar-refractivity contribution in [2.45, 2.75) is 136 Å². The number of carbonyl (C=O) groups excluding carboxylic acids is 2. The summed E-state index contributed by atoms with van der Waals surface area (Å²) >= 11 is 0. The minimum atomic E-state index is -4.46. The number of phosphoric acid groups is 1. The summed E-state index contributed by atoms with van der Waals surface area (Å²) in [5, 5.41) is 12.6. The van der Waals surface area contributed by atoms with Gasteiger partial charge in [-0.25, -0.2) is 4.57 Å². The summed E-state index contributed by atoms with van der Waals surface area (Å²) in [5.74, 6) is -0.653. The van der Waals surface area contributed by atoms with Crippen molar-refractivity contribution in [3.8, 4) is 0 Å². The van der Waals surface area contributed by atoms with E-state index >= 15 is 0 Å². The predicted octanol–water partition coefficient (Wildman–Crippen LogP) is 12.9. The van der Waals surface area contributed by atoms with Crippen LogP contribution in [-0.4, -0.2) is 54.3 Å². The maximum Gasteiger partial charge on any atom is 0.472 e. The van der Waals surface area contributed by atoms with Crippen LogP contribution in [-0.2, 0) is 27.9 Å². The molecule has 1 amide bonds. The number of aliphatic hydroxyl groups excluding tert-OH is 1. The fourth-order valence-corrected chi connectivity index (χ4v) is 5.75. The highest BCUT2D eigenvalue weighted by Gasteiger charge is 2.23. The Morgan fingerprint density at radius 1 is 0.508 bits per heavy atom. The zero-order valence-electron chi connectivity index (χ0n) is 37.3. The molecule has 10 heteroatoms. The first-order chi connectivity index (χ1) is 29.8. The fourth-order valence-electron chi connectivity index (χ4n) is 4.99. The minimum absolute atomic E-state index is 0.0328. The number of hydrogen-bond acceptors (Lipinski definition) is 7. The highest BCUT2D eigenvalue weighted by Crippen LogP contribution is 2.42. The van der Waals surface area contributed by atoms with Crippen molar-refractivity contribution < 1.29 is 37.9 Å². The van der Waals surface area contributed by atoms with Crippen LogP contribution in [0.5, 0.6) is 0 Å². The Hall–Kier alpha value is -4.11. The molecule has 0 radical (unpaired) electrons. The molecule has 0 saturated carbocycles. The lowest BCUT2D eigenvalue weighted by molar-refractivity contribution is -0.147. The predicted molar refractivity (Wildman–Crippen MR) is 256 cm³/mol. The zero-order valence-corrected chi connectivity index (χ0v) is 38.2. The monoisotopic (exact) mass is 864 g/mol. The summed E-state index contributed by atoms with van der Waals surface area (Å²) in [6.07, 6.45) is 65.1. The van der Waals surface area contributed by atoms with E-state index in [1.54, 1.807) is 0 Å². The van der Waals surface area contributed by atoms with Crippen LogP contribution < -0.4 is 5.32 Å². The molecule has 0 aliphatic rings. The van der Waals surface area contributed by atoms with Crippen molar-refractivity contribution in [3.63, 3.8) is 0 Å². The number of amides is 1. The van der Waals surface area contributed by atoms with E-state index in [4.69, 9.17) is 13.8 Å². The van der Waals surface area contributed by atoms with Crippen LogP contribution in [0.25, 0.3) is 0 Å². The van der Waals surface area contributed by atoms with Crippen LogP contribution in [0, 0.1) is 0 Å². The number of esters is 1. The molecule has 0 rings (SSSR count). The van der Waals surface area contributed by atoms with Crippen molar-refractivity contribution in [2.75, 3.05) is 26.4 Å². The zero-order chi connectivity index (χ0) is 44.6. The maximum absolute atomic E-state index is 12.1. The first kappa shape index (κ1) is 56.9. The molecule has 2 atom stereocenters. The second-order valence-corrected chi connectivity index (χ2v) is 15.4. The highest BCUT2D eigenvalue weighted by molar-refractivity contribution is 7.47. The molecular weight excluding hydrogens is 786 g/mol. The third-order valence-electron chi connectivity index (χ3n) is 8.26. The molecule has 0 aliphatic carbocycles. The van der Waals surface area contributed by atoms with Crippen molar-refractivity contribution >= 4 is 19.7 Å². The lowest BCUT2D eigenvalue weighted by Gasteiger charge is -2.15. The Labute approximate surface area is 369 Å². The second-order valence-electron chi connectivity index (χ2n) is 13.9. The molecule has 0 aromatic carbocycles. The summed E-state index contributed by atoms with van der Waals surface area (Å²) in [6, 6.07) is 0. The van der Waals surface area contributed by atoms with Crippen molar-refractivity contribution in [3.05, 3.63) is 146 Å². The quantitative estimate of drug-likeness (QED) is 0.0241. The molecular formula is C51H78NO8P. The smallest absolute Gasteiger partial charge is 0.463 e. The van der Waals surface area contributed by atoms with Gasteiger partial charge >= 0.3 is 13.8 Å². The molecule has 0 fully saturated rings. The van der Waals surface area contributed by atoms with E-state index in [1.807, 2.05) is 6.08 Å². The Kier molecular flexibility index (Phi) is 42.4. The number of aliphatic hydroxyl groups is 1. The molecule has 0 aromatic rings. The molecule has 340 valence electrons. The van der Waals surface area contributed by atoms with E-state index in [-0.39, 0.29) is 32.1 Å². The van der Waals surface area contributed by atoms with E-state index < -0.39 is 26.5 Å². The standard InChI is InChI=1S/C51H78NO8P/c1-3-5-7-9-11-13-15-17-19-21-22-23-24-25-26-28-29-31-33-35-37-39-41-43-50(54)52-45-46-59-61(56,57)60-48-49(53)47-58-51(55)44-42-40-38-36-34-32-30-27-20-18-16-14-12-10-8-6-4-2/h5-8,11-14,17-20,22-23,25-26,29-32,35-38,49,53H,3-4,9-10,15-16,21,24,27-28,33-34,39-48H2,1-2H3,(H,52,54)(H,56,57)/b7-5-,8-6-,13-11-,14-12-,19-17-,20-18-,23-22-,26-25-,31-29-,32-30-,37-35-,38-36-. The van der Waals surface area contributed by atoms with Crippen molar-refractivity contribution in [2.24, 2.45) is 0 Å². The molecule has 0 bridgehead atoms. The van der Waals surface area contributed by atoms with Gasteiger partial charge in [0.15, 0.2) is 0 Å². The lowest BCUT2D eigenvalue weighted by atomic mass is 10.2. The molecule has 0 aromatic heterocycles. The maximum atomic E-state index is 12.1. The third kappa shape index (κ3) is 46.8. The van der Waals surface area contributed by atoms with Gasteiger partial charge in [0.1, 0.15) is 12.7 Å². The molecule has 0 aliphatic heterocycles. The van der Waals surface area contributed by atoms with Gasteiger partial charge in [-0.15, -0.1) is 0 Å². The molecule has 0 saturated heterocycles. The number of ether oxygens (including phenoxy) is 1. The number of allylic oxidation sites excluding steroid dienone is 24. The van der Waals surface area contributed by atoms with E-state index in [9.17, 15) is 24.2 Å². The Morgan fingerprint density at radius 2 is 0.852 bits per heavy atom. The number of hydrogen-bond donors (Lipinski definition) is 3. The number of phosphoric ester groups is 1. The molecule has 9 nitrogen and oxygen atoms in total. The highest BCUT2D eigenvalue weighted by atomic mass is 31.2. The normalized spacial score (nSPS) is 14.6. The number of carbonyl (C=O) groups is 2. The summed E-state index contributed by atoms with van der Waals surface area (Å²) in [6.45, 7) is 3.14. The first-order valence-electron chi connectivity index (χ1n) is 22.3. The minimum Gasteiger partial charge on any atom is -0.463 e. The summed E-state index contributed by atoms with van der Waals surface area (Å²) in [5.41, 5.74) is 0. The van der Waals surface area contributed by atoms with E-state index in [1.165, 1.54) is 0 Å². The Balaban J connectivity index is 3.81.